The summed E-state index contributed by atoms with van der Waals surface area (Å²) in [4.78, 5) is 13.5. The van der Waals surface area contributed by atoms with Gasteiger partial charge in [-0.3, -0.25) is 4.79 Å². The zero-order valence-corrected chi connectivity index (χ0v) is 16.1. The maximum atomic E-state index is 12.6. The number of ether oxygens (including phenoxy) is 2. The molecule has 2 aromatic carbocycles. The lowest BCUT2D eigenvalue weighted by atomic mass is 10.0. The van der Waals surface area contributed by atoms with Crippen LogP contribution in [0.25, 0.3) is 0 Å². The van der Waals surface area contributed by atoms with E-state index in [0.29, 0.717) is 17.4 Å². The Morgan fingerprint density at radius 2 is 1.68 bits per heavy atom. The second-order valence-corrected chi connectivity index (χ2v) is 7.42. The van der Waals surface area contributed by atoms with Crippen LogP contribution in [0.5, 0.6) is 11.5 Å². The summed E-state index contributed by atoms with van der Waals surface area (Å²) in [5.41, 5.74) is 2.02. The number of carbonyl (C=O) groups excluding carboxylic acids is 1. The quantitative estimate of drug-likeness (QED) is 0.711. The van der Waals surface area contributed by atoms with E-state index in [9.17, 15) is 4.79 Å². The highest BCUT2D eigenvalue weighted by atomic mass is 32.2. The van der Waals surface area contributed by atoms with Gasteiger partial charge in [0.15, 0.2) is 11.5 Å². The molecule has 134 valence electrons. The fourth-order valence-electron chi connectivity index (χ4n) is 2.50. The molecule has 0 heterocycles. The number of methoxy groups -OCH3 is 2. The van der Waals surface area contributed by atoms with Crippen molar-refractivity contribution >= 4 is 23.4 Å². The molecule has 0 fully saturated rings. The summed E-state index contributed by atoms with van der Waals surface area (Å²) < 4.78 is 10.6. The molecule has 0 aliphatic heterocycles. The molecule has 0 aromatic heterocycles. The number of hydrogen-bond acceptors (Lipinski definition) is 4. The van der Waals surface area contributed by atoms with Crippen molar-refractivity contribution in [1.82, 2.24) is 0 Å². The number of amides is 1. The number of benzene rings is 2. The van der Waals surface area contributed by atoms with E-state index in [1.165, 1.54) is 11.8 Å². The fraction of sp³-hybridized carbons (Fsp3) is 0.350. The molecular formula is C20H25NO3S. The fourth-order valence-corrected chi connectivity index (χ4v) is 3.39. The van der Waals surface area contributed by atoms with Crippen LogP contribution in [0, 0.1) is 0 Å². The highest BCUT2D eigenvalue weighted by molar-refractivity contribution is 8.00. The van der Waals surface area contributed by atoms with Gasteiger partial charge in [-0.2, -0.15) is 0 Å². The number of rotatable bonds is 7. The molecule has 0 bridgehead atoms. The van der Waals surface area contributed by atoms with E-state index in [4.69, 9.17) is 9.47 Å². The van der Waals surface area contributed by atoms with Crippen LogP contribution in [-0.2, 0) is 4.79 Å². The molecule has 0 radical (unpaired) electrons. The summed E-state index contributed by atoms with van der Waals surface area (Å²) in [6.07, 6.45) is 0. The van der Waals surface area contributed by atoms with Crippen molar-refractivity contribution < 1.29 is 14.3 Å². The lowest BCUT2D eigenvalue weighted by molar-refractivity contribution is -0.115. The second-order valence-electron chi connectivity index (χ2n) is 6.01. The minimum Gasteiger partial charge on any atom is -0.493 e. The Morgan fingerprint density at radius 1 is 1.00 bits per heavy atom. The van der Waals surface area contributed by atoms with Crippen molar-refractivity contribution in [2.24, 2.45) is 0 Å². The van der Waals surface area contributed by atoms with Crippen LogP contribution in [-0.4, -0.2) is 25.4 Å². The molecule has 0 saturated heterocycles. The maximum absolute atomic E-state index is 12.6. The van der Waals surface area contributed by atoms with E-state index in [-0.39, 0.29) is 11.2 Å². The zero-order chi connectivity index (χ0) is 18.4. The van der Waals surface area contributed by atoms with Crippen molar-refractivity contribution in [3.63, 3.8) is 0 Å². The molecule has 4 nitrogen and oxygen atoms in total. The lowest BCUT2D eigenvalue weighted by Gasteiger charge is -2.17. The highest BCUT2D eigenvalue weighted by Gasteiger charge is 2.17. The molecule has 0 spiro atoms. The average Bonchev–Trinajstić information content (AvgIpc) is 2.61. The van der Waals surface area contributed by atoms with Crippen LogP contribution in [0.4, 0.5) is 5.69 Å². The van der Waals surface area contributed by atoms with Crippen LogP contribution >= 0.6 is 11.8 Å². The summed E-state index contributed by atoms with van der Waals surface area (Å²) in [5, 5.41) is 2.81. The Morgan fingerprint density at radius 3 is 2.32 bits per heavy atom. The molecule has 1 N–H and O–H groups in total. The predicted octanol–water partition coefficient (Wildman–Crippen LogP) is 4.95. The lowest BCUT2D eigenvalue weighted by Crippen LogP contribution is -2.23. The van der Waals surface area contributed by atoms with Gasteiger partial charge in [-0.1, -0.05) is 32.0 Å². The normalized spacial score (nSPS) is 11.9. The van der Waals surface area contributed by atoms with E-state index in [2.05, 4.69) is 19.2 Å². The Balaban J connectivity index is 2.08. The van der Waals surface area contributed by atoms with E-state index < -0.39 is 0 Å². The highest BCUT2D eigenvalue weighted by Crippen LogP contribution is 2.34. The van der Waals surface area contributed by atoms with E-state index in [1.54, 1.807) is 14.2 Å². The van der Waals surface area contributed by atoms with Gasteiger partial charge in [0.1, 0.15) is 0 Å². The first-order valence-corrected chi connectivity index (χ1v) is 9.12. The topological polar surface area (TPSA) is 47.6 Å². The molecule has 1 atom stereocenters. The van der Waals surface area contributed by atoms with Crippen molar-refractivity contribution in [1.29, 1.82) is 0 Å². The molecule has 1 amide bonds. The van der Waals surface area contributed by atoms with Crippen molar-refractivity contribution in [2.45, 2.75) is 36.8 Å². The Hall–Kier alpha value is -2.14. The first kappa shape index (κ1) is 19.2. The third-order valence-electron chi connectivity index (χ3n) is 3.88. The Labute approximate surface area is 153 Å². The van der Waals surface area contributed by atoms with Crippen molar-refractivity contribution in [3.05, 3.63) is 48.0 Å². The van der Waals surface area contributed by atoms with Gasteiger partial charge in [0.25, 0.3) is 0 Å². The third-order valence-corrected chi connectivity index (χ3v) is 4.97. The SMILES string of the molecule is COc1ccc(S[C@H](C)C(=O)Nc2ccccc2C(C)C)cc1OC. The van der Waals surface area contributed by atoms with Crippen LogP contribution in [0.2, 0.25) is 0 Å². The van der Waals surface area contributed by atoms with Gasteiger partial charge in [0.05, 0.1) is 19.5 Å². The summed E-state index contributed by atoms with van der Waals surface area (Å²) in [6, 6.07) is 13.6. The minimum atomic E-state index is -0.238. The first-order valence-electron chi connectivity index (χ1n) is 8.24. The van der Waals surface area contributed by atoms with Gasteiger partial charge in [0.2, 0.25) is 5.91 Å². The van der Waals surface area contributed by atoms with Gasteiger partial charge in [-0.25, -0.2) is 0 Å². The third kappa shape index (κ3) is 4.92. The van der Waals surface area contributed by atoms with Gasteiger partial charge in [0, 0.05) is 10.6 Å². The number of hydrogen-bond donors (Lipinski definition) is 1. The van der Waals surface area contributed by atoms with Crippen LogP contribution in [0.1, 0.15) is 32.3 Å². The molecular weight excluding hydrogens is 334 g/mol. The molecule has 0 aliphatic carbocycles. The predicted molar refractivity (Wildman–Crippen MR) is 104 cm³/mol. The van der Waals surface area contributed by atoms with Gasteiger partial charge in [-0.15, -0.1) is 11.8 Å². The molecule has 25 heavy (non-hydrogen) atoms. The zero-order valence-electron chi connectivity index (χ0n) is 15.3. The number of nitrogens with one attached hydrogen (secondary N) is 1. The van der Waals surface area contributed by atoms with Crippen LogP contribution in [0.3, 0.4) is 0 Å². The van der Waals surface area contributed by atoms with Gasteiger partial charge >= 0.3 is 0 Å². The van der Waals surface area contributed by atoms with Gasteiger partial charge < -0.3 is 14.8 Å². The van der Waals surface area contributed by atoms with Crippen LogP contribution in [0.15, 0.2) is 47.4 Å². The van der Waals surface area contributed by atoms with Crippen LogP contribution < -0.4 is 14.8 Å². The minimum absolute atomic E-state index is 0.0205. The summed E-state index contributed by atoms with van der Waals surface area (Å²) in [7, 11) is 3.21. The summed E-state index contributed by atoms with van der Waals surface area (Å²) in [5.74, 6) is 1.67. The van der Waals surface area contributed by atoms with Crippen molar-refractivity contribution in [3.8, 4) is 11.5 Å². The van der Waals surface area contributed by atoms with E-state index >= 15 is 0 Å². The molecule has 0 saturated carbocycles. The Bertz CT molecular complexity index is 731. The average molecular weight is 359 g/mol. The molecule has 2 rings (SSSR count). The molecule has 2 aromatic rings. The Kier molecular flexibility index (Phi) is 6.76. The maximum Gasteiger partial charge on any atom is 0.237 e. The number of para-hydroxylation sites is 1. The molecule has 5 heteroatoms. The van der Waals surface area contributed by atoms with E-state index in [0.717, 1.165) is 16.1 Å². The smallest absolute Gasteiger partial charge is 0.237 e. The largest absolute Gasteiger partial charge is 0.493 e. The number of thioether (sulfide) groups is 1. The number of anilines is 1. The number of carbonyl (C=O) groups is 1. The summed E-state index contributed by atoms with van der Waals surface area (Å²) >= 11 is 1.49. The first-order chi connectivity index (χ1) is 12.0. The molecule has 0 unspecified atom stereocenters. The standard InChI is InChI=1S/C20H25NO3S/c1-13(2)16-8-6-7-9-17(16)21-20(22)14(3)25-15-10-11-18(23-4)19(12-15)24-5/h6-14H,1-5H3,(H,21,22)/t14-/m1/s1. The van der Waals surface area contributed by atoms with E-state index in [1.807, 2.05) is 49.4 Å². The second kappa shape index (κ2) is 8.81. The molecule has 0 aliphatic rings. The van der Waals surface area contributed by atoms with Gasteiger partial charge in [-0.05, 0) is 42.7 Å². The monoisotopic (exact) mass is 359 g/mol. The summed E-state index contributed by atoms with van der Waals surface area (Å²) in [6.45, 7) is 6.13. The van der Waals surface area contributed by atoms with Crippen molar-refractivity contribution in [2.75, 3.05) is 19.5 Å².